The van der Waals surface area contributed by atoms with E-state index in [0.717, 1.165) is 20.2 Å². The summed E-state index contributed by atoms with van der Waals surface area (Å²) in [5.74, 6) is -0.226. The number of anilines is 2. The number of hydrogen-bond donors (Lipinski definition) is 2. The molecule has 0 fully saturated rings. The Labute approximate surface area is 128 Å². The van der Waals surface area contributed by atoms with E-state index in [1.165, 1.54) is 0 Å². The smallest absolute Gasteiger partial charge is 0.257 e. The van der Waals surface area contributed by atoms with Crippen molar-refractivity contribution in [2.75, 3.05) is 11.1 Å². The number of nitrogen functional groups attached to an aromatic ring is 1. The highest BCUT2D eigenvalue weighted by molar-refractivity contribution is 9.10. The highest BCUT2D eigenvalue weighted by Gasteiger charge is 2.11. The number of halogens is 2. The van der Waals surface area contributed by atoms with Crippen molar-refractivity contribution in [2.45, 2.75) is 6.92 Å². The summed E-state index contributed by atoms with van der Waals surface area (Å²) in [7, 11) is 0. The molecule has 2 rings (SSSR count). The standard InChI is InChI=1S/C14H12Br2N2O/c1-8-2-5-11(16)13(6-8)18-14(19)10-4-3-9(15)7-12(10)17/h2-7H,17H2,1H3,(H,18,19). The fourth-order valence-electron chi connectivity index (χ4n) is 1.66. The molecule has 0 atom stereocenters. The van der Waals surface area contributed by atoms with E-state index < -0.39 is 0 Å². The summed E-state index contributed by atoms with van der Waals surface area (Å²) in [6, 6.07) is 11.0. The molecule has 19 heavy (non-hydrogen) atoms. The van der Waals surface area contributed by atoms with Gasteiger partial charge in [-0.1, -0.05) is 22.0 Å². The zero-order valence-electron chi connectivity index (χ0n) is 10.2. The van der Waals surface area contributed by atoms with Gasteiger partial charge in [-0.3, -0.25) is 4.79 Å². The lowest BCUT2D eigenvalue weighted by atomic mass is 10.1. The van der Waals surface area contributed by atoms with Gasteiger partial charge in [0, 0.05) is 14.6 Å². The molecular formula is C14H12Br2N2O. The van der Waals surface area contributed by atoms with E-state index in [4.69, 9.17) is 5.73 Å². The van der Waals surface area contributed by atoms with Crippen LogP contribution in [0.4, 0.5) is 11.4 Å². The molecule has 5 heteroatoms. The van der Waals surface area contributed by atoms with Crippen molar-refractivity contribution in [3.63, 3.8) is 0 Å². The summed E-state index contributed by atoms with van der Waals surface area (Å²) >= 11 is 6.72. The van der Waals surface area contributed by atoms with Crippen LogP contribution in [-0.4, -0.2) is 5.91 Å². The molecule has 0 radical (unpaired) electrons. The topological polar surface area (TPSA) is 55.1 Å². The summed E-state index contributed by atoms with van der Waals surface area (Å²) in [4.78, 5) is 12.2. The molecule has 1 amide bonds. The van der Waals surface area contributed by atoms with Crippen LogP contribution in [0, 0.1) is 6.92 Å². The zero-order valence-corrected chi connectivity index (χ0v) is 13.4. The predicted molar refractivity (Wildman–Crippen MR) is 85.4 cm³/mol. The lowest BCUT2D eigenvalue weighted by Gasteiger charge is -2.10. The molecule has 0 heterocycles. The van der Waals surface area contributed by atoms with Crippen LogP contribution in [0.1, 0.15) is 15.9 Å². The largest absolute Gasteiger partial charge is 0.398 e. The Balaban J connectivity index is 2.28. The summed E-state index contributed by atoms with van der Waals surface area (Å²) in [5.41, 5.74) is 8.54. The van der Waals surface area contributed by atoms with Crippen LogP contribution in [0.5, 0.6) is 0 Å². The van der Waals surface area contributed by atoms with Gasteiger partial charge in [0.2, 0.25) is 0 Å². The highest BCUT2D eigenvalue weighted by atomic mass is 79.9. The third kappa shape index (κ3) is 3.36. The summed E-state index contributed by atoms with van der Waals surface area (Å²) in [6.45, 7) is 1.97. The Morgan fingerprint density at radius 3 is 2.58 bits per heavy atom. The van der Waals surface area contributed by atoms with Gasteiger partial charge in [-0.2, -0.15) is 0 Å². The average Bonchev–Trinajstić information content (AvgIpc) is 2.33. The van der Waals surface area contributed by atoms with Crippen molar-refractivity contribution in [2.24, 2.45) is 0 Å². The molecular weight excluding hydrogens is 372 g/mol. The van der Waals surface area contributed by atoms with Gasteiger partial charge in [0.25, 0.3) is 5.91 Å². The normalized spacial score (nSPS) is 10.3. The van der Waals surface area contributed by atoms with Crippen LogP contribution in [0.25, 0.3) is 0 Å². The molecule has 3 nitrogen and oxygen atoms in total. The molecule has 2 aromatic rings. The number of rotatable bonds is 2. The molecule has 3 N–H and O–H groups in total. The maximum Gasteiger partial charge on any atom is 0.257 e. The van der Waals surface area contributed by atoms with Crippen molar-refractivity contribution in [3.8, 4) is 0 Å². The second-order valence-corrected chi connectivity index (χ2v) is 5.94. The van der Waals surface area contributed by atoms with E-state index in [0.29, 0.717) is 11.3 Å². The quantitative estimate of drug-likeness (QED) is 0.757. The minimum absolute atomic E-state index is 0.226. The molecule has 0 spiro atoms. The van der Waals surface area contributed by atoms with Gasteiger partial charge in [0.15, 0.2) is 0 Å². The fourth-order valence-corrected chi connectivity index (χ4v) is 2.39. The Morgan fingerprint density at radius 2 is 1.89 bits per heavy atom. The number of carbonyl (C=O) groups excluding carboxylic acids is 1. The number of nitrogens with two attached hydrogens (primary N) is 1. The van der Waals surface area contributed by atoms with E-state index in [2.05, 4.69) is 37.2 Å². The number of benzene rings is 2. The third-order valence-corrected chi connectivity index (χ3v) is 3.81. The molecule has 0 saturated heterocycles. The van der Waals surface area contributed by atoms with E-state index in [1.807, 2.05) is 25.1 Å². The van der Waals surface area contributed by atoms with Crippen LogP contribution in [0.15, 0.2) is 45.3 Å². The highest BCUT2D eigenvalue weighted by Crippen LogP contribution is 2.25. The molecule has 98 valence electrons. The maximum atomic E-state index is 12.2. The van der Waals surface area contributed by atoms with Gasteiger partial charge >= 0.3 is 0 Å². The predicted octanol–water partition coefficient (Wildman–Crippen LogP) is 4.35. The van der Waals surface area contributed by atoms with Crippen molar-refractivity contribution < 1.29 is 4.79 Å². The van der Waals surface area contributed by atoms with E-state index in [-0.39, 0.29) is 5.91 Å². The molecule has 0 aromatic heterocycles. The van der Waals surface area contributed by atoms with E-state index in [9.17, 15) is 4.79 Å². The number of carbonyl (C=O) groups is 1. The Hall–Kier alpha value is -1.33. The summed E-state index contributed by atoms with van der Waals surface area (Å²) in [5, 5.41) is 2.85. The van der Waals surface area contributed by atoms with E-state index >= 15 is 0 Å². The van der Waals surface area contributed by atoms with Crippen LogP contribution < -0.4 is 11.1 Å². The molecule has 0 saturated carbocycles. The van der Waals surface area contributed by atoms with Crippen molar-refractivity contribution in [1.82, 2.24) is 0 Å². The first kappa shape index (κ1) is 14.1. The minimum Gasteiger partial charge on any atom is -0.398 e. The molecule has 0 aliphatic rings. The number of hydrogen-bond acceptors (Lipinski definition) is 2. The van der Waals surface area contributed by atoms with E-state index in [1.54, 1.807) is 18.2 Å². The first-order chi connectivity index (χ1) is 8.97. The van der Waals surface area contributed by atoms with Crippen LogP contribution in [-0.2, 0) is 0 Å². The van der Waals surface area contributed by atoms with Crippen molar-refractivity contribution in [1.29, 1.82) is 0 Å². The fraction of sp³-hybridized carbons (Fsp3) is 0.0714. The first-order valence-electron chi connectivity index (χ1n) is 5.60. The molecule has 0 aliphatic carbocycles. The first-order valence-corrected chi connectivity index (χ1v) is 7.18. The van der Waals surface area contributed by atoms with Crippen LogP contribution in [0.3, 0.4) is 0 Å². The van der Waals surface area contributed by atoms with Crippen molar-refractivity contribution >= 4 is 49.1 Å². The second-order valence-electron chi connectivity index (χ2n) is 4.17. The zero-order chi connectivity index (χ0) is 14.0. The SMILES string of the molecule is Cc1ccc(Br)c(NC(=O)c2ccc(Br)cc2N)c1. The lowest BCUT2D eigenvalue weighted by molar-refractivity contribution is 0.102. The minimum atomic E-state index is -0.226. The summed E-state index contributed by atoms with van der Waals surface area (Å²) in [6.07, 6.45) is 0. The maximum absolute atomic E-state index is 12.2. The second kappa shape index (κ2) is 5.75. The van der Waals surface area contributed by atoms with Gasteiger partial charge in [0.1, 0.15) is 0 Å². The molecule has 0 bridgehead atoms. The number of nitrogens with one attached hydrogen (secondary N) is 1. The number of amides is 1. The lowest BCUT2D eigenvalue weighted by Crippen LogP contribution is -2.14. The van der Waals surface area contributed by atoms with Gasteiger partial charge in [0.05, 0.1) is 11.3 Å². The number of aryl methyl sites for hydroxylation is 1. The van der Waals surface area contributed by atoms with Gasteiger partial charge in [-0.25, -0.2) is 0 Å². The Morgan fingerprint density at radius 1 is 1.16 bits per heavy atom. The monoisotopic (exact) mass is 382 g/mol. The third-order valence-electron chi connectivity index (χ3n) is 2.63. The Bertz CT molecular complexity index is 641. The molecule has 2 aromatic carbocycles. The van der Waals surface area contributed by atoms with Crippen LogP contribution in [0.2, 0.25) is 0 Å². The van der Waals surface area contributed by atoms with Gasteiger partial charge in [-0.15, -0.1) is 0 Å². The van der Waals surface area contributed by atoms with Crippen LogP contribution >= 0.6 is 31.9 Å². The van der Waals surface area contributed by atoms with Crippen molar-refractivity contribution in [3.05, 3.63) is 56.5 Å². The van der Waals surface area contributed by atoms with Gasteiger partial charge in [-0.05, 0) is 58.7 Å². The molecule has 0 aliphatic heterocycles. The summed E-state index contributed by atoms with van der Waals surface area (Å²) < 4.78 is 1.68. The Kier molecular flexibility index (Phi) is 4.27. The average molecular weight is 384 g/mol. The van der Waals surface area contributed by atoms with Gasteiger partial charge < -0.3 is 11.1 Å². The molecule has 0 unspecified atom stereocenters.